The number of likely N-dealkylation sites (tertiary alicyclic amines) is 1. The van der Waals surface area contributed by atoms with Crippen LogP contribution in [0.1, 0.15) is 53.2 Å². The zero-order chi connectivity index (χ0) is 19.0. The van der Waals surface area contributed by atoms with E-state index in [1.807, 2.05) is 0 Å². The molecule has 0 N–H and O–H groups in total. The van der Waals surface area contributed by atoms with Gasteiger partial charge in [0, 0.05) is 50.3 Å². The standard InChI is InChI=1S/C20H21FN4O2/c1-13(26)24-9-7-17-15(12-24)11-22-19(23-17)18-6-3-8-25(18)20(27)14-4-2-5-16(21)10-14/h2,4-5,10-11,18H,3,6-9,12H2,1H3/t18-/m1/s1. The zero-order valence-corrected chi connectivity index (χ0v) is 15.2. The molecule has 0 aliphatic carbocycles. The first kappa shape index (κ1) is 17.6. The Morgan fingerprint density at radius 2 is 2.11 bits per heavy atom. The van der Waals surface area contributed by atoms with Crippen molar-refractivity contribution < 1.29 is 14.0 Å². The summed E-state index contributed by atoms with van der Waals surface area (Å²) >= 11 is 0. The minimum atomic E-state index is -0.420. The van der Waals surface area contributed by atoms with Gasteiger partial charge in [-0.15, -0.1) is 0 Å². The lowest BCUT2D eigenvalue weighted by atomic mass is 10.1. The van der Waals surface area contributed by atoms with E-state index in [1.54, 1.807) is 35.1 Å². The molecule has 0 unspecified atom stereocenters. The van der Waals surface area contributed by atoms with Crippen LogP contribution >= 0.6 is 0 Å². The number of hydrogen-bond acceptors (Lipinski definition) is 4. The number of amides is 2. The Hall–Kier alpha value is -2.83. The van der Waals surface area contributed by atoms with Crippen LogP contribution in [0.4, 0.5) is 4.39 Å². The Bertz CT molecular complexity index is 901. The first-order valence-corrected chi connectivity index (χ1v) is 9.19. The van der Waals surface area contributed by atoms with E-state index in [1.165, 1.54) is 12.1 Å². The van der Waals surface area contributed by atoms with Gasteiger partial charge in [-0.1, -0.05) is 6.07 Å². The highest BCUT2D eigenvalue weighted by Crippen LogP contribution is 2.32. The fourth-order valence-corrected chi connectivity index (χ4v) is 3.83. The Kier molecular flexibility index (Phi) is 4.59. The van der Waals surface area contributed by atoms with Crippen LogP contribution in [-0.4, -0.2) is 44.7 Å². The van der Waals surface area contributed by atoms with Crippen LogP contribution in [0, 0.1) is 5.82 Å². The topological polar surface area (TPSA) is 66.4 Å². The van der Waals surface area contributed by atoms with Gasteiger partial charge in [0.05, 0.1) is 11.7 Å². The van der Waals surface area contributed by atoms with Gasteiger partial charge in [-0.3, -0.25) is 9.59 Å². The van der Waals surface area contributed by atoms with Gasteiger partial charge in [-0.05, 0) is 31.0 Å². The van der Waals surface area contributed by atoms with E-state index >= 15 is 0 Å². The van der Waals surface area contributed by atoms with Crippen LogP contribution in [0.15, 0.2) is 30.5 Å². The average Bonchev–Trinajstić information content (AvgIpc) is 3.16. The second kappa shape index (κ2) is 7.06. The van der Waals surface area contributed by atoms with Crippen molar-refractivity contribution in [2.24, 2.45) is 0 Å². The third-order valence-corrected chi connectivity index (χ3v) is 5.28. The molecule has 0 saturated carbocycles. The minimum Gasteiger partial charge on any atom is -0.338 e. The molecular formula is C20H21FN4O2. The predicted molar refractivity (Wildman–Crippen MR) is 96.2 cm³/mol. The zero-order valence-electron chi connectivity index (χ0n) is 15.2. The highest BCUT2D eigenvalue weighted by Gasteiger charge is 2.33. The quantitative estimate of drug-likeness (QED) is 0.817. The van der Waals surface area contributed by atoms with Gasteiger partial charge >= 0.3 is 0 Å². The van der Waals surface area contributed by atoms with Gasteiger partial charge in [0.2, 0.25) is 5.91 Å². The molecule has 2 aliphatic heterocycles. The van der Waals surface area contributed by atoms with E-state index < -0.39 is 5.82 Å². The maximum absolute atomic E-state index is 13.5. The summed E-state index contributed by atoms with van der Waals surface area (Å²) in [6.07, 6.45) is 4.12. The predicted octanol–water partition coefficient (Wildman–Crippen LogP) is 2.50. The number of rotatable bonds is 2. The summed E-state index contributed by atoms with van der Waals surface area (Å²) in [5.74, 6) is 0.0670. The maximum atomic E-state index is 13.5. The third kappa shape index (κ3) is 3.41. The summed E-state index contributed by atoms with van der Waals surface area (Å²) in [6.45, 7) is 3.35. The molecule has 1 saturated heterocycles. The Morgan fingerprint density at radius 3 is 2.89 bits per heavy atom. The lowest BCUT2D eigenvalue weighted by Gasteiger charge is -2.28. The SMILES string of the molecule is CC(=O)N1CCc2nc([C@H]3CCCN3C(=O)c3cccc(F)c3)ncc2C1. The highest BCUT2D eigenvalue weighted by atomic mass is 19.1. The summed E-state index contributed by atoms with van der Waals surface area (Å²) < 4.78 is 13.5. The number of carbonyl (C=O) groups is 2. The first-order chi connectivity index (χ1) is 13.0. The lowest BCUT2D eigenvalue weighted by molar-refractivity contribution is -0.129. The fraction of sp³-hybridized carbons (Fsp3) is 0.400. The summed E-state index contributed by atoms with van der Waals surface area (Å²) in [5, 5.41) is 0. The van der Waals surface area contributed by atoms with Crippen molar-refractivity contribution in [2.75, 3.05) is 13.1 Å². The molecule has 6 nitrogen and oxygen atoms in total. The number of fused-ring (bicyclic) bond motifs is 1. The summed E-state index contributed by atoms with van der Waals surface area (Å²) in [6, 6.07) is 5.57. The van der Waals surface area contributed by atoms with Crippen molar-refractivity contribution in [1.29, 1.82) is 0 Å². The summed E-state index contributed by atoms with van der Waals surface area (Å²) in [5.41, 5.74) is 2.25. The van der Waals surface area contributed by atoms with E-state index in [0.29, 0.717) is 37.4 Å². The third-order valence-electron chi connectivity index (χ3n) is 5.28. The minimum absolute atomic E-state index is 0.0485. The van der Waals surface area contributed by atoms with E-state index in [0.717, 1.165) is 24.1 Å². The molecule has 1 aromatic carbocycles. The Morgan fingerprint density at radius 1 is 1.26 bits per heavy atom. The Labute approximate surface area is 157 Å². The molecule has 27 heavy (non-hydrogen) atoms. The molecule has 7 heteroatoms. The number of benzene rings is 1. The van der Waals surface area contributed by atoms with Crippen molar-refractivity contribution in [3.8, 4) is 0 Å². The highest BCUT2D eigenvalue weighted by molar-refractivity contribution is 5.94. The van der Waals surface area contributed by atoms with Gasteiger partial charge < -0.3 is 9.80 Å². The van der Waals surface area contributed by atoms with Crippen LogP contribution in [0.2, 0.25) is 0 Å². The van der Waals surface area contributed by atoms with E-state index in [-0.39, 0.29) is 17.9 Å². The molecule has 2 aromatic rings. The van der Waals surface area contributed by atoms with Crippen molar-refractivity contribution in [3.05, 3.63) is 58.9 Å². The molecule has 1 atom stereocenters. The van der Waals surface area contributed by atoms with Gasteiger partial charge in [-0.25, -0.2) is 14.4 Å². The maximum Gasteiger partial charge on any atom is 0.254 e. The molecule has 3 heterocycles. The van der Waals surface area contributed by atoms with Crippen LogP contribution in [0.3, 0.4) is 0 Å². The largest absolute Gasteiger partial charge is 0.338 e. The number of nitrogens with zero attached hydrogens (tertiary/aromatic N) is 4. The lowest BCUT2D eigenvalue weighted by Crippen LogP contribution is -2.36. The smallest absolute Gasteiger partial charge is 0.254 e. The van der Waals surface area contributed by atoms with Crippen LogP contribution in [0.5, 0.6) is 0 Å². The number of halogens is 1. The van der Waals surface area contributed by atoms with Crippen molar-refractivity contribution >= 4 is 11.8 Å². The first-order valence-electron chi connectivity index (χ1n) is 9.19. The summed E-state index contributed by atoms with van der Waals surface area (Å²) in [4.78, 5) is 37.2. The molecule has 0 radical (unpaired) electrons. The van der Waals surface area contributed by atoms with Crippen molar-refractivity contribution in [3.63, 3.8) is 0 Å². The fourth-order valence-electron chi connectivity index (χ4n) is 3.83. The van der Waals surface area contributed by atoms with Gasteiger partial charge in [0.15, 0.2) is 5.82 Å². The van der Waals surface area contributed by atoms with Crippen molar-refractivity contribution in [2.45, 2.75) is 38.8 Å². The molecule has 1 fully saturated rings. The van der Waals surface area contributed by atoms with Crippen LogP contribution < -0.4 is 0 Å². The van der Waals surface area contributed by atoms with E-state index in [9.17, 15) is 14.0 Å². The Balaban J connectivity index is 1.58. The molecule has 0 spiro atoms. The van der Waals surface area contributed by atoms with Gasteiger partial charge in [0.25, 0.3) is 5.91 Å². The molecule has 1 aromatic heterocycles. The number of aromatic nitrogens is 2. The van der Waals surface area contributed by atoms with Gasteiger partial charge in [-0.2, -0.15) is 0 Å². The van der Waals surface area contributed by atoms with E-state index in [4.69, 9.17) is 4.98 Å². The second-order valence-corrected chi connectivity index (χ2v) is 7.06. The second-order valence-electron chi connectivity index (χ2n) is 7.06. The molecule has 0 bridgehead atoms. The monoisotopic (exact) mass is 368 g/mol. The van der Waals surface area contributed by atoms with Crippen LogP contribution in [-0.2, 0) is 17.8 Å². The normalized spacial score (nSPS) is 19.1. The van der Waals surface area contributed by atoms with E-state index in [2.05, 4.69) is 4.98 Å². The molecule has 4 rings (SSSR count). The number of carbonyl (C=O) groups excluding carboxylic acids is 2. The van der Waals surface area contributed by atoms with Gasteiger partial charge in [0.1, 0.15) is 5.82 Å². The average molecular weight is 368 g/mol. The molecule has 2 amide bonds. The molecule has 140 valence electrons. The van der Waals surface area contributed by atoms with Crippen LogP contribution in [0.25, 0.3) is 0 Å². The number of hydrogen-bond donors (Lipinski definition) is 0. The molecule has 2 aliphatic rings. The van der Waals surface area contributed by atoms with Crippen molar-refractivity contribution in [1.82, 2.24) is 19.8 Å². The summed E-state index contributed by atoms with van der Waals surface area (Å²) in [7, 11) is 0. The molecular weight excluding hydrogens is 347 g/mol.